The number of anilines is 4. The molecule has 4 atom stereocenters. The van der Waals surface area contributed by atoms with Gasteiger partial charge in [0.15, 0.2) is 51.1 Å². The second kappa shape index (κ2) is 43.1. The van der Waals surface area contributed by atoms with Crippen LogP contribution in [0.2, 0.25) is 0 Å². The number of ketones is 4. The number of likely N-dealkylation sites (tertiary alicyclic amines) is 4. The first-order valence-electron chi connectivity index (χ1n) is 46.5. The fourth-order valence-electron chi connectivity index (χ4n) is 17.8. The molecule has 0 radical (unpaired) electrons. The highest BCUT2D eigenvalue weighted by molar-refractivity contribution is 7.20. The normalized spacial score (nSPS) is 16.3. The molecular formula is C98H108F4N24O8S4. The summed E-state index contributed by atoms with van der Waals surface area (Å²) in [5, 5.41) is 15.8. The summed E-state index contributed by atoms with van der Waals surface area (Å²) >= 11 is 5.53. The summed E-state index contributed by atoms with van der Waals surface area (Å²) in [7, 11) is 0. The fourth-order valence-corrected chi connectivity index (χ4v) is 21.1. The number of carbonyl (C=O) groups is 8. The Morgan fingerprint density at radius 3 is 1.09 bits per heavy atom. The van der Waals surface area contributed by atoms with E-state index in [2.05, 4.69) is 101 Å². The fraction of sp³-hybridized carbons (Fsp3) is 0.449. The molecule has 6 aliphatic rings. The van der Waals surface area contributed by atoms with Gasteiger partial charge in [0.05, 0.1) is 74.0 Å². The van der Waals surface area contributed by atoms with Crippen LogP contribution in [0.3, 0.4) is 0 Å². The highest BCUT2D eigenvalue weighted by Gasteiger charge is 2.42. The number of nitrogens with one attached hydrogen (secondary N) is 4. The number of amides is 4. The number of carbonyl (C=O) groups excluding carboxylic acids is 8. The van der Waals surface area contributed by atoms with E-state index in [9.17, 15) is 55.9 Å². The average molecular weight is 1950 g/mol. The van der Waals surface area contributed by atoms with Crippen LogP contribution in [-0.4, -0.2) is 198 Å². The summed E-state index contributed by atoms with van der Waals surface area (Å²) < 4.78 is 57.3. The van der Waals surface area contributed by atoms with Crippen molar-refractivity contribution in [2.24, 2.45) is 40.9 Å². The van der Waals surface area contributed by atoms with E-state index in [4.69, 9.17) is 0 Å². The SMILES string of the molecule is Cc1nc2nc(N[C@@H](C)c3ccccn3)nc(C(=O)N3CC(CC(=O)C(C)(C)C)C3)c2s1.Cc1nc2nc(N[C@@H](C)c3cncc(F)c3)nc(C(=O)N3CC(CC(=O)C4CCCCC4)C3)c2s1.Cc1nc2nc(N[C@@H](C)c3cncc(F)c3)nc(C(=O)N3CC(CC(=O)CC4CCCC4)C3)c2s1.Cc1nc2nc(N[C@@H](C)c3cncc(F)c3)nc(C(=O)N3CC(CC(=O)c4ccccc4F)C3)c2s1. The highest BCUT2D eigenvalue weighted by Crippen LogP contribution is 2.39. The zero-order valence-electron chi connectivity index (χ0n) is 78.5. The Balaban J connectivity index is 0.000000133. The minimum Gasteiger partial charge on any atom is -0.348 e. The van der Waals surface area contributed by atoms with Gasteiger partial charge in [-0.1, -0.05) is 83.9 Å². The van der Waals surface area contributed by atoms with Crippen LogP contribution in [0, 0.1) is 91.9 Å². The van der Waals surface area contributed by atoms with Crippen LogP contribution in [0.1, 0.15) is 257 Å². The van der Waals surface area contributed by atoms with Gasteiger partial charge in [0.1, 0.15) is 59.4 Å². The number of halogens is 4. The van der Waals surface area contributed by atoms with Crippen molar-refractivity contribution in [3.8, 4) is 0 Å². The molecule has 6 fully saturated rings. The van der Waals surface area contributed by atoms with Crippen molar-refractivity contribution < 1.29 is 55.9 Å². The molecule has 40 heteroatoms. The molecule has 0 spiro atoms. The Bertz CT molecular complexity index is 6700. The lowest BCUT2D eigenvalue weighted by atomic mass is 9.81. The largest absolute Gasteiger partial charge is 0.348 e. The number of aryl methyl sites for hydroxylation is 4. The van der Waals surface area contributed by atoms with Gasteiger partial charge >= 0.3 is 0 Å². The molecule has 4 saturated heterocycles. The zero-order valence-corrected chi connectivity index (χ0v) is 81.8. The van der Waals surface area contributed by atoms with Gasteiger partial charge in [-0.25, -0.2) is 57.4 Å². The van der Waals surface area contributed by atoms with Crippen molar-refractivity contribution in [2.75, 3.05) is 73.6 Å². The number of thiazole rings is 4. The molecular weight excluding hydrogens is 1850 g/mol. The predicted molar refractivity (Wildman–Crippen MR) is 519 cm³/mol. The van der Waals surface area contributed by atoms with E-state index in [1.54, 1.807) is 56.5 Å². The van der Waals surface area contributed by atoms with Gasteiger partial charge in [0.25, 0.3) is 23.6 Å². The highest BCUT2D eigenvalue weighted by atomic mass is 32.1. The molecule has 2 aliphatic carbocycles. The summed E-state index contributed by atoms with van der Waals surface area (Å²) in [6.07, 6.45) is 22.7. The molecule has 1 aromatic carbocycles. The van der Waals surface area contributed by atoms with E-state index >= 15 is 0 Å². The van der Waals surface area contributed by atoms with Gasteiger partial charge in [-0.3, -0.25) is 58.3 Å². The van der Waals surface area contributed by atoms with Crippen molar-refractivity contribution in [2.45, 2.75) is 190 Å². The van der Waals surface area contributed by atoms with Crippen LogP contribution in [0.4, 0.5) is 41.4 Å². The Hall–Kier alpha value is -12.8. The monoisotopic (exact) mass is 1950 g/mol. The number of benzene rings is 1. The van der Waals surface area contributed by atoms with E-state index in [0.717, 1.165) is 70.0 Å². The smallest absolute Gasteiger partial charge is 0.274 e. The number of nitrogens with zero attached hydrogens (tertiary/aromatic N) is 20. The van der Waals surface area contributed by atoms with Crippen molar-refractivity contribution in [3.63, 3.8) is 0 Å². The van der Waals surface area contributed by atoms with Crippen molar-refractivity contribution in [1.82, 2.24) is 99.3 Å². The lowest BCUT2D eigenvalue weighted by Gasteiger charge is -2.39. The third-order valence-corrected chi connectivity index (χ3v) is 29.3. The van der Waals surface area contributed by atoms with Gasteiger partial charge in [-0.05, 0) is 133 Å². The van der Waals surface area contributed by atoms with Crippen LogP contribution in [0.15, 0.2) is 104 Å². The topological polar surface area (TPSA) is 404 Å². The number of pyridine rings is 4. The van der Waals surface area contributed by atoms with Gasteiger partial charge in [0, 0.05) is 144 Å². The van der Waals surface area contributed by atoms with Gasteiger partial charge in [-0.15, -0.1) is 45.3 Å². The summed E-state index contributed by atoms with van der Waals surface area (Å²) in [5.74, 6) is 0.403. The first-order valence-corrected chi connectivity index (χ1v) is 49.8. The first kappa shape index (κ1) is 98.2. The van der Waals surface area contributed by atoms with Gasteiger partial charge < -0.3 is 40.9 Å². The van der Waals surface area contributed by atoms with Crippen molar-refractivity contribution >= 4 is 157 Å². The number of Topliss-reactive ketones (excluding diaryl/α,β-unsaturated/α-hetero) is 4. The zero-order chi connectivity index (χ0) is 97.5. The molecule has 720 valence electrons. The van der Waals surface area contributed by atoms with Gasteiger partial charge in [-0.2, -0.15) is 19.9 Å². The standard InChI is InChI=1S/C25H22F2N6O2S.2C25H29FN6O2S.C23H28N6O2S/c1-13(16-8-17(26)10-28-9-16)29-25-31-21(22-23(32-25)30-14(2)36-22)24(35)33-11-15(12-33)7-20(34)18-5-3-4-6-19(18)27;1-14(18-9-19(26)11-27-10-18)28-25-30-21(22-23(31-25)29-15(2)35-22)24(34)32-12-17(13-32)8-20(33)7-16-5-3-4-6-16;1-14(18-9-19(26)11-27-10-18)28-25-30-21(22-23(31-25)29-15(2)35-22)24(34)32-12-16(13-32)8-20(33)17-6-4-3-5-7-17;1-13(16-8-6-7-9-24-16)25-22-27-18(19-20(28-22)26-14(2)32-19)21(31)29-11-15(12-29)10-17(30)23(3,4)5/h3-6,8-10,13,15H,7,11-12H2,1-2H3,(H,29,31,32);2*9-11,14,16-17H,3-8,12-13H2,1-2H3,(H,28,30,31);6-9,13,15H,10-12H2,1-5H3,(H,25,27,28)/t13-;2*14-;13-/m0000/s1. The van der Waals surface area contributed by atoms with Crippen LogP contribution < -0.4 is 21.3 Å². The summed E-state index contributed by atoms with van der Waals surface area (Å²) in [4.78, 5) is 180. The second-order valence-corrected chi connectivity index (χ2v) is 42.4. The molecule has 12 aromatic heterocycles. The van der Waals surface area contributed by atoms with Crippen molar-refractivity contribution in [1.29, 1.82) is 0 Å². The minimum absolute atomic E-state index is 0.0559. The maximum atomic E-state index is 13.9. The molecule has 19 rings (SSSR count). The van der Waals surface area contributed by atoms with Crippen LogP contribution in [0.5, 0.6) is 0 Å². The maximum Gasteiger partial charge on any atom is 0.274 e. The lowest BCUT2D eigenvalue weighted by molar-refractivity contribution is -0.128. The van der Waals surface area contributed by atoms with Crippen LogP contribution in [0.25, 0.3) is 41.4 Å². The predicted octanol–water partition coefficient (Wildman–Crippen LogP) is 18.1. The second-order valence-electron chi connectivity index (χ2n) is 37.5. The number of rotatable bonds is 28. The Labute approximate surface area is 810 Å². The average Bonchev–Trinajstić information content (AvgIpc) is 1.50. The Morgan fingerprint density at radius 1 is 0.391 bits per heavy atom. The number of hydrogen-bond donors (Lipinski definition) is 4. The first-order chi connectivity index (χ1) is 66.1. The third kappa shape index (κ3) is 23.9. The Morgan fingerprint density at radius 2 is 0.732 bits per heavy atom. The molecule has 16 heterocycles. The van der Waals surface area contributed by atoms with E-state index in [1.807, 2.05) is 94.4 Å². The molecule has 4 N–H and O–H groups in total. The summed E-state index contributed by atoms with van der Waals surface area (Å²) in [6.45, 7) is 24.8. The maximum absolute atomic E-state index is 13.9. The Kier molecular flexibility index (Phi) is 30.7. The van der Waals surface area contributed by atoms with Crippen LogP contribution >= 0.6 is 45.3 Å². The molecule has 138 heavy (non-hydrogen) atoms. The molecule has 0 bridgehead atoms. The van der Waals surface area contributed by atoms with Gasteiger partial charge in [0.2, 0.25) is 23.8 Å². The molecule has 32 nitrogen and oxygen atoms in total. The van der Waals surface area contributed by atoms with E-state index in [-0.39, 0.29) is 130 Å². The molecule has 4 aliphatic heterocycles. The quantitative estimate of drug-likeness (QED) is 0.0261. The number of aromatic nitrogens is 16. The summed E-state index contributed by atoms with van der Waals surface area (Å²) in [6, 6.07) is 14.6. The minimum atomic E-state index is -0.540. The number of hydrogen-bond acceptors (Lipinski definition) is 32. The van der Waals surface area contributed by atoms with E-state index in [0.29, 0.717) is 177 Å². The van der Waals surface area contributed by atoms with E-state index in [1.165, 1.54) is 108 Å². The number of fused-ring (bicyclic) bond motifs is 4. The van der Waals surface area contributed by atoms with Crippen LogP contribution in [-0.2, 0) is 14.4 Å². The van der Waals surface area contributed by atoms with Crippen molar-refractivity contribution in [3.05, 3.63) is 198 Å². The van der Waals surface area contributed by atoms with E-state index < -0.39 is 23.3 Å². The molecule has 13 aromatic rings. The summed E-state index contributed by atoms with van der Waals surface area (Å²) in [5.41, 5.74) is 5.49. The third-order valence-electron chi connectivity index (χ3n) is 25.4. The lowest BCUT2D eigenvalue weighted by Crippen LogP contribution is -2.51. The molecule has 0 unspecified atom stereocenters. The molecule has 2 saturated carbocycles. The molecule has 4 amide bonds.